The summed E-state index contributed by atoms with van der Waals surface area (Å²) in [6.45, 7) is 16.0. The molecule has 1 N–H and O–H groups in total. The third kappa shape index (κ3) is 5.74. The molecule has 108 valence electrons. The van der Waals surface area contributed by atoms with Crippen LogP contribution in [0.5, 0.6) is 0 Å². The van der Waals surface area contributed by atoms with Crippen molar-refractivity contribution in [3.8, 4) is 0 Å². The van der Waals surface area contributed by atoms with E-state index in [0.717, 1.165) is 24.8 Å². The molecule has 1 aromatic heterocycles. The van der Waals surface area contributed by atoms with Crippen molar-refractivity contribution in [2.45, 2.75) is 47.1 Å². The number of rotatable bonds is 6. The van der Waals surface area contributed by atoms with Crippen molar-refractivity contribution in [2.75, 3.05) is 24.5 Å². The van der Waals surface area contributed by atoms with Gasteiger partial charge in [-0.2, -0.15) is 0 Å². The lowest BCUT2D eigenvalue weighted by molar-refractivity contribution is 0.445. The maximum atomic E-state index is 4.50. The second-order valence-electron chi connectivity index (χ2n) is 5.81. The maximum absolute atomic E-state index is 4.50. The molecule has 0 atom stereocenters. The molecule has 0 bridgehead atoms. The summed E-state index contributed by atoms with van der Waals surface area (Å²) in [7, 11) is 0. The number of nitrogens with zero attached hydrogens (tertiary/aromatic N) is 2. The number of hydrogen-bond acceptors (Lipinski definition) is 4. The molecular weight excluding hydrogens is 254 g/mol. The van der Waals surface area contributed by atoms with Gasteiger partial charge in [-0.25, -0.2) is 4.98 Å². The summed E-state index contributed by atoms with van der Waals surface area (Å²) in [5.74, 6) is 0. The lowest BCUT2D eigenvalue weighted by Gasteiger charge is -2.20. The minimum atomic E-state index is 0.162. The van der Waals surface area contributed by atoms with Crippen LogP contribution in [0.4, 0.5) is 5.13 Å². The van der Waals surface area contributed by atoms with Crippen molar-refractivity contribution >= 4 is 22.5 Å². The first-order valence-corrected chi connectivity index (χ1v) is 7.80. The van der Waals surface area contributed by atoms with Gasteiger partial charge in [0.15, 0.2) is 5.13 Å². The van der Waals surface area contributed by atoms with Crippen LogP contribution in [-0.2, 0) is 0 Å². The molecule has 0 unspecified atom stereocenters. The number of hydrogen-bond donors (Lipinski definition) is 1. The molecule has 1 heterocycles. The molecule has 0 saturated carbocycles. The molecule has 0 amide bonds. The van der Waals surface area contributed by atoms with Gasteiger partial charge in [0.25, 0.3) is 0 Å². The fourth-order valence-corrected chi connectivity index (χ4v) is 2.75. The van der Waals surface area contributed by atoms with Gasteiger partial charge in [0.05, 0.1) is 0 Å². The Kier molecular flexibility index (Phi) is 6.01. The molecule has 4 heteroatoms. The SMILES string of the molecule is CCN(CC)c1ncc(C=C(C)CNC(C)(C)C)s1. The summed E-state index contributed by atoms with van der Waals surface area (Å²) < 4.78 is 0. The largest absolute Gasteiger partial charge is 0.349 e. The number of thiazole rings is 1. The zero-order valence-electron chi connectivity index (χ0n) is 13.1. The van der Waals surface area contributed by atoms with E-state index in [1.165, 1.54) is 10.5 Å². The highest BCUT2D eigenvalue weighted by Gasteiger charge is 2.09. The fourth-order valence-electron chi connectivity index (χ4n) is 1.68. The molecule has 0 fully saturated rings. The standard InChI is InChI=1S/C15H27N3S/c1-7-18(8-2)14-16-11-13(19-14)9-12(3)10-17-15(4,5)6/h9,11,17H,7-8,10H2,1-6H3. The number of aromatic nitrogens is 1. The molecule has 0 aromatic carbocycles. The Morgan fingerprint density at radius 1 is 1.37 bits per heavy atom. The van der Waals surface area contributed by atoms with E-state index < -0.39 is 0 Å². The van der Waals surface area contributed by atoms with Gasteiger partial charge in [0, 0.05) is 36.2 Å². The molecule has 1 aromatic rings. The van der Waals surface area contributed by atoms with Gasteiger partial charge in [-0.1, -0.05) is 16.9 Å². The lowest BCUT2D eigenvalue weighted by Crippen LogP contribution is -2.36. The van der Waals surface area contributed by atoms with E-state index in [4.69, 9.17) is 0 Å². The lowest BCUT2D eigenvalue weighted by atomic mass is 10.1. The Hall–Kier alpha value is -0.870. The van der Waals surface area contributed by atoms with Crippen LogP contribution >= 0.6 is 11.3 Å². The number of nitrogens with one attached hydrogen (secondary N) is 1. The summed E-state index contributed by atoms with van der Waals surface area (Å²) >= 11 is 1.76. The third-order valence-electron chi connectivity index (χ3n) is 2.83. The van der Waals surface area contributed by atoms with Gasteiger partial charge in [0.2, 0.25) is 0 Å². The van der Waals surface area contributed by atoms with E-state index in [0.29, 0.717) is 0 Å². The van der Waals surface area contributed by atoms with E-state index in [-0.39, 0.29) is 5.54 Å². The highest BCUT2D eigenvalue weighted by atomic mass is 32.1. The predicted molar refractivity (Wildman–Crippen MR) is 87.1 cm³/mol. The van der Waals surface area contributed by atoms with Crippen molar-refractivity contribution in [1.82, 2.24) is 10.3 Å². The van der Waals surface area contributed by atoms with Crippen molar-refractivity contribution in [3.63, 3.8) is 0 Å². The average Bonchev–Trinajstić information content (AvgIpc) is 2.76. The first kappa shape index (κ1) is 16.2. The summed E-state index contributed by atoms with van der Waals surface area (Å²) in [4.78, 5) is 8.01. The zero-order chi connectivity index (χ0) is 14.5. The summed E-state index contributed by atoms with van der Waals surface area (Å²) in [6, 6.07) is 0. The molecule has 3 nitrogen and oxygen atoms in total. The second kappa shape index (κ2) is 7.06. The first-order valence-electron chi connectivity index (χ1n) is 6.98. The van der Waals surface area contributed by atoms with Crippen LogP contribution in [0.15, 0.2) is 11.8 Å². The molecule has 0 aliphatic rings. The van der Waals surface area contributed by atoms with Crippen LogP contribution in [0.3, 0.4) is 0 Å². The highest BCUT2D eigenvalue weighted by Crippen LogP contribution is 2.24. The molecule has 19 heavy (non-hydrogen) atoms. The quantitative estimate of drug-likeness (QED) is 0.860. The minimum absolute atomic E-state index is 0.162. The minimum Gasteiger partial charge on any atom is -0.349 e. The molecule has 0 aliphatic heterocycles. The van der Waals surface area contributed by atoms with E-state index in [2.05, 4.69) is 62.8 Å². The molecule has 0 saturated heterocycles. The Balaban J connectivity index is 2.66. The van der Waals surface area contributed by atoms with Crippen molar-refractivity contribution in [1.29, 1.82) is 0 Å². The molecule has 1 rings (SSSR count). The fraction of sp³-hybridized carbons (Fsp3) is 0.667. The molecular formula is C15H27N3S. The van der Waals surface area contributed by atoms with Gasteiger partial charge < -0.3 is 10.2 Å². The Morgan fingerprint density at radius 2 is 2.00 bits per heavy atom. The summed E-state index contributed by atoms with van der Waals surface area (Å²) in [5, 5.41) is 4.62. The highest BCUT2D eigenvalue weighted by molar-refractivity contribution is 7.16. The predicted octanol–water partition coefficient (Wildman–Crippen LogP) is 3.78. The van der Waals surface area contributed by atoms with Crippen LogP contribution in [0.2, 0.25) is 0 Å². The topological polar surface area (TPSA) is 28.2 Å². The van der Waals surface area contributed by atoms with Crippen LogP contribution in [0.25, 0.3) is 6.08 Å². The van der Waals surface area contributed by atoms with Crippen LogP contribution in [0, 0.1) is 0 Å². The van der Waals surface area contributed by atoms with E-state index in [9.17, 15) is 0 Å². The number of anilines is 1. The molecule has 0 aliphatic carbocycles. The van der Waals surface area contributed by atoms with Crippen molar-refractivity contribution in [2.24, 2.45) is 0 Å². The average molecular weight is 281 g/mol. The van der Waals surface area contributed by atoms with Gasteiger partial charge in [-0.3, -0.25) is 0 Å². The normalized spacial score (nSPS) is 12.8. The van der Waals surface area contributed by atoms with Crippen LogP contribution < -0.4 is 10.2 Å². The maximum Gasteiger partial charge on any atom is 0.185 e. The summed E-state index contributed by atoms with van der Waals surface area (Å²) in [5.41, 5.74) is 1.50. The Labute approximate surface area is 121 Å². The smallest absolute Gasteiger partial charge is 0.185 e. The third-order valence-corrected chi connectivity index (χ3v) is 3.84. The Bertz CT molecular complexity index is 411. The van der Waals surface area contributed by atoms with Gasteiger partial charge in [0.1, 0.15) is 0 Å². The van der Waals surface area contributed by atoms with Crippen LogP contribution in [-0.4, -0.2) is 30.2 Å². The molecule has 0 spiro atoms. The van der Waals surface area contributed by atoms with Crippen molar-refractivity contribution in [3.05, 3.63) is 16.6 Å². The van der Waals surface area contributed by atoms with Gasteiger partial charge in [-0.05, 0) is 47.6 Å². The second-order valence-corrected chi connectivity index (χ2v) is 6.85. The van der Waals surface area contributed by atoms with Gasteiger partial charge in [-0.15, -0.1) is 0 Å². The van der Waals surface area contributed by atoms with Crippen molar-refractivity contribution < 1.29 is 0 Å². The Morgan fingerprint density at radius 3 is 2.53 bits per heavy atom. The van der Waals surface area contributed by atoms with Gasteiger partial charge >= 0.3 is 0 Å². The van der Waals surface area contributed by atoms with E-state index in [1.54, 1.807) is 11.3 Å². The zero-order valence-corrected chi connectivity index (χ0v) is 13.9. The van der Waals surface area contributed by atoms with Crippen LogP contribution in [0.1, 0.15) is 46.4 Å². The molecule has 0 radical (unpaired) electrons. The van der Waals surface area contributed by atoms with E-state index in [1.807, 2.05) is 6.20 Å². The first-order chi connectivity index (χ1) is 8.85. The monoisotopic (exact) mass is 281 g/mol. The summed E-state index contributed by atoms with van der Waals surface area (Å²) in [6.07, 6.45) is 4.20. The van der Waals surface area contributed by atoms with E-state index >= 15 is 0 Å².